The molecule has 0 saturated heterocycles. The van der Waals surface area contributed by atoms with E-state index in [-0.39, 0.29) is 12.1 Å². The Labute approximate surface area is 179 Å². The summed E-state index contributed by atoms with van der Waals surface area (Å²) in [6, 6.07) is 14.6. The topological polar surface area (TPSA) is 96.3 Å². The number of rotatable bonds is 6. The van der Waals surface area contributed by atoms with E-state index in [4.69, 9.17) is 20.9 Å². The molecular formula is C21H18ClN3O4S. The zero-order valence-corrected chi connectivity index (χ0v) is 17.5. The van der Waals surface area contributed by atoms with Gasteiger partial charge in [0.05, 0.1) is 5.02 Å². The van der Waals surface area contributed by atoms with Gasteiger partial charge in [-0.1, -0.05) is 29.8 Å². The molecule has 1 unspecified atom stereocenters. The summed E-state index contributed by atoms with van der Waals surface area (Å²) in [6.07, 6.45) is 3.43. The van der Waals surface area contributed by atoms with E-state index < -0.39 is 11.3 Å². The molecule has 2 aromatic heterocycles. The molecule has 0 saturated carbocycles. The van der Waals surface area contributed by atoms with Crippen molar-refractivity contribution in [1.29, 1.82) is 0 Å². The van der Waals surface area contributed by atoms with Crippen LogP contribution in [0.25, 0.3) is 22.0 Å². The fraction of sp³-hybridized carbons (Fsp3) is 0.0952. The smallest absolute Gasteiger partial charge is 0.274 e. The molecule has 0 amide bonds. The van der Waals surface area contributed by atoms with Crippen molar-refractivity contribution in [2.75, 3.05) is 0 Å². The number of aromatic nitrogens is 2. The molecule has 0 aliphatic heterocycles. The van der Waals surface area contributed by atoms with E-state index in [2.05, 4.69) is 9.71 Å². The van der Waals surface area contributed by atoms with Crippen molar-refractivity contribution in [2.24, 2.45) is 7.05 Å². The molecule has 0 fully saturated rings. The van der Waals surface area contributed by atoms with Gasteiger partial charge in [-0.05, 0) is 35.9 Å². The number of nitrogens with zero attached hydrogens (tertiary/aromatic N) is 1. The van der Waals surface area contributed by atoms with Gasteiger partial charge in [-0.25, -0.2) is 8.93 Å². The fourth-order valence-corrected chi connectivity index (χ4v) is 3.86. The number of benzene rings is 2. The number of hydrogen-bond acceptors (Lipinski definition) is 3. The van der Waals surface area contributed by atoms with E-state index >= 15 is 0 Å². The van der Waals surface area contributed by atoms with Crippen LogP contribution in [0.3, 0.4) is 0 Å². The Hall–Kier alpha value is -2.91. The first kappa shape index (κ1) is 20.4. The number of para-hydroxylation sites is 1. The van der Waals surface area contributed by atoms with Crippen LogP contribution in [0.5, 0.6) is 11.5 Å². The maximum atomic E-state index is 12.5. The van der Waals surface area contributed by atoms with Crippen LogP contribution in [0, 0.1) is 0 Å². The molecule has 1 atom stereocenters. The van der Waals surface area contributed by atoms with Crippen LogP contribution >= 0.6 is 11.6 Å². The van der Waals surface area contributed by atoms with Crippen molar-refractivity contribution in [3.8, 4) is 22.6 Å². The van der Waals surface area contributed by atoms with E-state index in [1.807, 2.05) is 42.5 Å². The van der Waals surface area contributed by atoms with E-state index in [0.717, 1.165) is 10.9 Å². The summed E-state index contributed by atoms with van der Waals surface area (Å²) in [5.74, 6) is 1.04. The highest BCUT2D eigenvalue weighted by atomic mass is 35.5. The molecule has 0 spiro atoms. The Balaban J connectivity index is 1.94. The second-order valence-corrected chi connectivity index (χ2v) is 7.86. The Kier molecular flexibility index (Phi) is 5.74. The minimum atomic E-state index is -2.16. The van der Waals surface area contributed by atoms with Crippen molar-refractivity contribution in [3.05, 3.63) is 81.9 Å². The van der Waals surface area contributed by atoms with Gasteiger partial charge in [-0.3, -0.25) is 9.35 Å². The third-order valence-electron chi connectivity index (χ3n) is 4.65. The average Bonchev–Trinajstić information content (AvgIpc) is 3.22. The molecule has 0 bridgehead atoms. The summed E-state index contributed by atoms with van der Waals surface area (Å²) in [7, 11) is 1.67. The lowest BCUT2D eigenvalue weighted by atomic mass is 10.00. The molecule has 0 aliphatic carbocycles. The van der Waals surface area contributed by atoms with Crippen LogP contribution in [-0.2, 0) is 24.9 Å². The van der Waals surface area contributed by atoms with Crippen molar-refractivity contribution in [1.82, 2.24) is 14.3 Å². The lowest BCUT2D eigenvalue weighted by Gasteiger charge is -2.17. The van der Waals surface area contributed by atoms with Gasteiger partial charge in [0.25, 0.3) is 5.56 Å². The summed E-state index contributed by atoms with van der Waals surface area (Å²) in [4.78, 5) is 15.4. The Bertz CT molecular complexity index is 1300. The second kappa shape index (κ2) is 8.45. The zero-order valence-electron chi connectivity index (χ0n) is 15.9. The SMILES string of the molecule is Cn1cc(-c2cc(CNS(=O)O)cc(Cl)c2Oc2ccccc2)c2cc[nH]c2c1=O. The molecule has 4 rings (SSSR count). The molecule has 0 radical (unpaired) electrons. The van der Waals surface area contributed by atoms with E-state index in [0.29, 0.717) is 33.2 Å². The number of aromatic amines is 1. The number of fused-ring (bicyclic) bond motifs is 1. The van der Waals surface area contributed by atoms with Gasteiger partial charge in [-0.15, -0.1) is 0 Å². The standard InChI is InChI=1S/C21H18ClN3O4S/c1-25-12-17(15-7-8-23-19(15)21(25)26)16-9-13(11-24-30(27)28)10-18(22)20(16)29-14-5-3-2-4-6-14/h2-10,12,23-24H,11H2,1H3,(H,27,28). The third-order valence-corrected chi connectivity index (χ3v) is 5.32. The summed E-state index contributed by atoms with van der Waals surface area (Å²) < 4.78 is 30.2. The quantitative estimate of drug-likeness (QED) is 0.389. The number of aryl methyl sites for hydroxylation is 1. The first-order valence-electron chi connectivity index (χ1n) is 9.01. The first-order valence-corrected chi connectivity index (χ1v) is 10.5. The Morgan fingerprint density at radius 2 is 1.97 bits per heavy atom. The maximum absolute atomic E-state index is 12.5. The molecule has 30 heavy (non-hydrogen) atoms. The average molecular weight is 444 g/mol. The number of H-pyrrole nitrogens is 1. The number of hydrogen-bond donors (Lipinski definition) is 3. The fourth-order valence-electron chi connectivity index (χ4n) is 3.29. The molecule has 2 aromatic carbocycles. The predicted molar refractivity (Wildman–Crippen MR) is 118 cm³/mol. The highest BCUT2D eigenvalue weighted by Crippen LogP contribution is 2.42. The van der Waals surface area contributed by atoms with Crippen molar-refractivity contribution >= 4 is 33.8 Å². The molecule has 0 aliphatic rings. The van der Waals surface area contributed by atoms with E-state index in [1.165, 1.54) is 4.57 Å². The van der Waals surface area contributed by atoms with Gasteiger partial charge in [0.2, 0.25) is 11.3 Å². The van der Waals surface area contributed by atoms with E-state index in [9.17, 15) is 9.00 Å². The summed E-state index contributed by atoms with van der Waals surface area (Å²) in [6.45, 7) is 0.128. The minimum Gasteiger partial charge on any atom is -0.455 e. The molecule has 9 heteroatoms. The highest BCUT2D eigenvalue weighted by Gasteiger charge is 2.18. The molecule has 4 aromatic rings. The minimum absolute atomic E-state index is 0.128. The van der Waals surface area contributed by atoms with Crippen LogP contribution in [0.4, 0.5) is 0 Å². The van der Waals surface area contributed by atoms with Crippen LogP contribution in [0.2, 0.25) is 5.02 Å². The first-order chi connectivity index (χ1) is 14.4. The monoisotopic (exact) mass is 443 g/mol. The second-order valence-electron chi connectivity index (χ2n) is 6.66. The van der Waals surface area contributed by atoms with Crippen LogP contribution in [0.15, 0.2) is 65.7 Å². The number of nitrogens with one attached hydrogen (secondary N) is 2. The highest BCUT2D eigenvalue weighted by molar-refractivity contribution is 7.77. The zero-order chi connectivity index (χ0) is 21.3. The van der Waals surface area contributed by atoms with Gasteiger partial charge in [0.15, 0.2) is 5.75 Å². The van der Waals surface area contributed by atoms with Gasteiger partial charge in [0.1, 0.15) is 11.3 Å². The molecule has 2 heterocycles. The number of ether oxygens (including phenoxy) is 1. The summed E-state index contributed by atoms with van der Waals surface area (Å²) >= 11 is 4.42. The molecule has 3 N–H and O–H groups in total. The largest absolute Gasteiger partial charge is 0.455 e. The molecular weight excluding hydrogens is 426 g/mol. The van der Waals surface area contributed by atoms with Crippen LogP contribution in [0.1, 0.15) is 5.56 Å². The predicted octanol–water partition coefficient (Wildman–Crippen LogP) is 4.21. The molecule has 7 nitrogen and oxygen atoms in total. The maximum Gasteiger partial charge on any atom is 0.274 e. The Morgan fingerprint density at radius 1 is 1.20 bits per heavy atom. The lowest BCUT2D eigenvalue weighted by molar-refractivity contribution is 0.484. The van der Waals surface area contributed by atoms with Crippen LogP contribution in [-0.4, -0.2) is 18.3 Å². The number of halogens is 1. The van der Waals surface area contributed by atoms with Gasteiger partial charge in [-0.2, -0.15) is 0 Å². The van der Waals surface area contributed by atoms with Gasteiger partial charge in [0, 0.05) is 42.5 Å². The van der Waals surface area contributed by atoms with Crippen molar-refractivity contribution in [2.45, 2.75) is 6.54 Å². The van der Waals surface area contributed by atoms with Crippen molar-refractivity contribution < 1.29 is 13.5 Å². The van der Waals surface area contributed by atoms with E-state index in [1.54, 1.807) is 25.5 Å². The normalized spacial score (nSPS) is 12.2. The lowest BCUT2D eigenvalue weighted by Crippen LogP contribution is -2.17. The summed E-state index contributed by atoms with van der Waals surface area (Å²) in [5, 5.41) is 1.07. The number of pyridine rings is 1. The Morgan fingerprint density at radius 3 is 2.70 bits per heavy atom. The van der Waals surface area contributed by atoms with Crippen LogP contribution < -0.4 is 15.0 Å². The van der Waals surface area contributed by atoms with Gasteiger partial charge < -0.3 is 14.3 Å². The molecule has 154 valence electrons. The third kappa shape index (κ3) is 4.03. The van der Waals surface area contributed by atoms with Gasteiger partial charge >= 0.3 is 0 Å². The van der Waals surface area contributed by atoms with Crippen molar-refractivity contribution in [3.63, 3.8) is 0 Å². The summed E-state index contributed by atoms with van der Waals surface area (Å²) in [5.41, 5.74) is 2.41.